The van der Waals surface area contributed by atoms with Crippen LogP contribution in [0.1, 0.15) is 41.4 Å². The fraction of sp³-hybridized carbons (Fsp3) is 0.353. The highest BCUT2D eigenvalue weighted by molar-refractivity contribution is 8.32. The summed E-state index contributed by atoms with van der Waals surface area (Å²) in [6.45, 7) is 7.08. The molecule has 44 heavy (non-hydrogen) atoms. The average molecular weight is 613 g/mol. The topological polar surface area (TPSA) is 96.1 Å². The van der Waals surface area contributed by atoms with E-state index in [4.69, 9.17) is 14.6 Å². The SMILES string of the molecule is CC(C)c1ccc(COc2ccc(-c3c(-c4ncnc5c4ccn5COCCS(C)(C)C)nn4c3C(=O)NCC4)cc2)cc1. The lowest BCUT2D eigenvalue weighted by molar-refractivity contribution is 0.0921. The van der Waals surface area contributed by atoms with E-state index in [1.54, 1.807) is 11.0 Å². The van der Waals surface area contributed by atoms with Crippen LogP contribution in [-0.4, -0.2) is 67.9 Å². The summed E-state index contributed by atoms with van der Waals surface area (Å²) in [6.07, 6.45) is 10.4. The summed E-state index contributed by atoms with van der Waals surface area (Å²) in [5, 5.41) is 8.76. The van der Waals surface area contributed by atoms with Crippen LogP contribution < -0.4 is 10.1 Å². The monoisotopic (exact) mass is 612 g/mol. The molecule has 1 N–H and O–H groups in total. The minimum atomic E-state index is -0.622. The Bertz CT molecular complexity index is 1770. The zero-order valence-corrected chi connectivity index (χ0v) is 26.9. The Labute approximate surface area is 259 Å². The van der Waals surface area contributed by atoms with Crippen molar-refractivity contribution in [1.29, 1.82) is 0 Å². The summed E-state index contributed by atoms with van der Waals surface area (Å²) in [5.41, 5.74) is 6.67. The van der Waals surface area contributed by atoms with Gasteiger partial charge in [-0.25, -0.2) is 20.0 Å². The van der Waals surface area contributed by atoms with Crippen molar-refractivity contribution in [2.24, 2.45) is 0 Å². The third-order valence-corrected chi connectivity index (χ3v) is 9.21. The Morgan fingerprint density at radius 3 is 2.48 bits per heavy atom. The lowest BCUT2D eigenvalue weighted by Crippen LogP contribution is -2.35. The second kappa shape index (κ2) is 12.5. The Morgan fingerprint density at radius 1 is 0.977 bits per heavy atom. The molecule has 3 aromatic heterocycles. The van der Waals surface area contributed by atoms with Crippen molar-refractivity contribution < 1.29 is 14.3 Å². The van der Waals surface area contributed by atoms with Gasteiger partial charge in [0, 0.05) is 29.4 Å². The van der Waals surface area contributed by atoms with E-state index in [-0.39, 0.29) is 5.91 Å². The highest BCUT2D eigenvalue weighted by Gasteiger charge is 2.29. The quantitative estimate of drug-likeness (QED) is 0.182. The Kier molecular flexibility index (Phi) is 8.46. The van der Waals surface area contributed by atoms with Crippen LogP contribution in [0.15, 0.2) is 67.1 Å². The van der Waals surface area contributed by atoms with Crippen LogP contribution in [0, 0.1) is 0 Å². The second-order valence-corrected chi connectivity index (χ2v) is 16.9. The maximum absolute atomic E-state index is 13.2. The van der Waals surface area contributed by atoms with E-state index in [1.807, 2.05) is 41.1 Å². The first kappa shape index (κ1) is 29.9. The summed E-state index contributed by atoms with van der Waals surface area (Å²) in [6, 6.07) is 18.4. The minimum absolute atomic E-state index is 0.146. The van der Waals surface area contributed by atoms with Crippen LogP contribution in [0.3, 0.4) is 0 Å². The van der Waals surface area contributed by atoms with Crippen molar-refractivity contribution in [1.82, 2.24) is 29.6 Å². The summed E-state index contributed by atoms with van der Waals surface area (Å²) < 4.78 is 15.9. The number of carbonyl (C=O) groups is 1. The molecule has 0 unspecified atom stereocenters. The van der Waals surface area contributed by atoms with E-state index in [0.717, 1.165) is 39.2 Å². The fourth-order valence-electron chi connectivity index (χ4n) is 5.30. The van der Waals surface area contributed by atoms with Gasteiger partial charge < -0.3 is 19.4 Å². The van der Waals surface area contributed by atoms with Gasteiger partial charge in [-0.2, -0.15) is 5.10 Å². The van der Waals surface area contributed by atoms with Gasteiger partial charge in [-0.05, 0) is 59.6 Å². The Hall–Kier alpha value is -4.15. The molecule has 0 fully saturated rings. The molecule has 0 saturated carbocycles. The van der Waals surface area contributed by atoms with Crippen molar-refractivity contribution >= 4 is 27.0 Å². The van der Waals surface area contributed by atoms with E-state index >= 15 is 0 Å². The molecule has 1 aliphatic heterocycles. The maximum atomic E-state index is 13.2. The smallest absolute Gasteiger partial charge is 0.270 e. The minimum Gasteiger partial charge on any atom is -0.489 e. The third-order valence-electron chi connectivity index (χ3n) is 7.82. The fourth-order valence-corrected chi connectivity index (χ4v) is 5.92. The second-order valence-electron chi connectivity index (χ2n) is 12.3. The van der Waals surface area contributed by atoms with Crippen LogP contribution in [-0.2, 0) is 24.6 Å². The Morgan fingerprint density at radius 2 is 1.75 bits per heavy atom. The molecule has 0 spiro atoms. The third kappa shape index (κ3) is 6.37. The molecule has 6 rings (SSSR count). The van der Waals surface area contributed by atoms with E-state index in [0.29, 0.717) is 56.0 Å². The van der Waals surface area contributed by atoms with Gasteiger partial charge in [0.05, 0.1) is 13.2 Å². The van der Waals surface area contributed by atoms with Crippen molar-refractivity contribution in [2.75, 3.05) is 37.7 Å². The predicted octanol–water partition coefficient (Wildman–Crippen LogP) is 6.08. The normalized spacial score (nSPS) is 13.7. The van der Waals surface area contributed by atoms with Gasteiger partial charge in [0.15, 0.2) is 0 Å². The zero-order chi connectivity index (χ0) is 30.8. The average Bonchev–Trinajstić information content (AvgIpc) is 3.61. The van der Waals surface area contributed by atoms with Gasteiger partial charge in [0.25, 0.3) is 5.91 Å². The van der Waals surface area contributed by atoms with Crippen molar-refractivity contribution in [3.63, 3.8) is 0 Å². The predicted molar refractivity (Wildman–Crippen MR) is 178 cm³/mol. The van der Waals surface area contributed by atoms with Gasteiger partial charge in [-0.3, -0.25) is 9.48 Å². The number of rotatable bonds is 11. The number of amides is 1. The molecule has 10 heteroatoms. The van der Waals surface area contributed by atoms with E-state index in [9.17, 15) is 4.79 Å². The number of nitrogens with one attached hydrogen (secondary N) is 1. The molecule has 230 valence electrons. The van der Waals surface area contributed by atoms with Gasteiger partial charge in [-0.15, -0.1) is 0 Å². The summed E-state index contributed by atoms with van der Waals surface area (Å²) >= 11 is 0. The first-order chi connectivity index (χ1) is 21.2. The highest BCUT2D eigenvalue weighted by atomic mass is 32.3. The van der Waals surface area contributed by atoms with Crippen LogP contribution in [0.2, 0.25) is 0 Å². The molecule has 5 aromatic rings. The molecule has 0 radical (unpaired) electrons. The van der Waals surface area contributed by atoms with Crippen LogP contribution >= 0.6 is 10.0 Å². The molecule has 1 aliphatic rings. The molecular weight excluding hydrogens is 572 g/mol. The maximum Gasteiger partial charge on any atom is 0.270 e. The molecule has 9 nitrogen and oxygen atoms in total. The number of carbonyl (C=O) groups excluding carboxylic acids is 1. The highest BCUT2D eigenvalue weighted by Crippen LogP contribution is 2.38. The number of aromatic nitrogens is 5. The van der Waals surface area contributed by atoms with Crippen LogP contribution in [0.4, 0.5) is 0 Å². The number of hydrogen-bond acceptors (Lipinski definition) is 6. The molecule has 0 bridgehead atoms. The number of benzene rings is 2. The lowest BCUT2D eigenvalue weighted by Gasteiger charge is -2.24. The van der Waals surface area contributed by atoms with Crippen molar-refractivity contribution in [3.05, 3.63) is 83.9 Å². The molecule has 2 aromatic carbocycles. The van der Waals surface area contributed by atoms with E-state index in [1.165, 1.54) is 5.56 Å². The summed E-state index contributed by atoms with van der Waals surface area (Å²) in [5.74, 6) is 2.15. The molecule has 0 atom stereocenters. The largest absolute Gasteiger partial charge is 0.489 e. The zero-order valence-electron chi connectivity index (χ0n) is 26.0. The summed E-state index contributed by atoms with van der Waals surface area (Å²) in [4.78, 5) is 22.4. The van der Waals surface area contributed by atoms with Crippen molar-refractivity contribution in [3.8, 4) is 28.3 Å². The Balaban J connectivity index is 1.29. The molecular formula is C34H40N6O3S. The number of hydrogen-bond donors (Lipinski definition) is 1. The molecule has 4 heterocycles. The first-order valence-corrected chi connectivity index (χ1v) is 18.0. The van der Waals surface area contributed by atoms with Crippen LogP contribution in [0.5, 0.6) is 5.75 Å². The first-order valence-electron chi connectivity index (χ1n) is 14.9. The standard InChI is InChI=1S/C34H40N6O3S/c1-23(2)25-8-6-24(7-9-25)20-43-27-12-10-26(11-13-27)29-31(38-40-17-15-35-34(41)32(29)40)30-28-14-16-39(33(28)37-21-36-30)22-42-18-19-44(3,4)5/h6-14,16,21,23H,15,17-20,22H2,1-5H3,(H,35,41). The number of nitrogens with zero attached hydrogens (tertiary/aromatic N) is 5. The molecule has 1 amide bonds. The van der Waals surface area contributed by atoms with Gasteiger partial charge in [-0.1, -0.05) is 50.2 Å². The number of fused-ring (bicyclic) bond motifs is 2. The van der Waals surface area contributed by atoms with Gasteiger partial charge in [0.1, 0.15) is 48.1 Å². The van der Waals surface area contributed by atoms with Gasteiger partial charge in [0.2, 0.25) is 0 Å². The van der Waals surface area contributed by atoms with E-state index in [2.05, 4.69) is 72.2 Å². The molecule has 0 saturated heterocycles. The summed E-state index contributed by atoms with van der Waals surface area (Å²) in [7, 11) is -0.622. The number of ether oxygens (including phenoxy) is 2. The van der Waals surface area contributed by atoms with Gasteiger partial charge >= 0.3 is 0 Å². The van der Waals surface area contributed by atoms with Crippen LogP contribution in [0.25, 0.3) is 33.5 Å². The lowest BCUT2D eigenvalue weighted by atomic mass is 9.99. The molecule has 0 aliphatic carbocycles. The van der Waals surface area contributed by atoms with E-state index < -0.39 is 10.0 Å². The van der Waals surface area contributed by atoms with Crippen molar-refractivity contribution in [2.45, 2.75) is 39.6 Å².